The molecule has 0 saturated carbocycles. The second-order valence-corrected chi connectivity index (χ2v) is 4.75. The molecular formula is C14H20N2O. The van der Waals surface area contributed by atoms with Crippen LogP contribution in [0.5, 0.6) is 0 Å². The molecule has 3 nitrogen and oxygen atoms in total. The summed E-state index contributed by atoms with van der Waals surface area (Å²) in [6.45, 7) is 3.02. The highest BCUT2D eigenvalue weighted by atomic mass is 16.2. The first-order valence-corrected chi connectivity index (χ1v) is 6.33. The quantitative estimate of drug-likeness (QED) is 0.825. The van der Waals surface area contributed by atoms with Gasteiger partial charge in [-0.1, -0.05) is 30.3 Å². The Kier molecular flexibility index (Phi) is 4.15. The van der Waals surface area contributed by atoms with Crippen LogP contribution >= 0.6 is 0 Å². The van der Waals surface area contributed by atoms with Crippen molar-refractivity contribution in [3.05, 3.63) is 35.9 Å². The van der Waals surface area contributed by atoms with Gasteiger partial charge in [0.2, 0.25) is 5.91 Å². The van der Waals surface area contributed by atoms with Gasteiger partial charge in [0.25, 0.3) is 0 Å². The standard InChI is InChI=1S/C14H20N2O/c1-11(10-12-6-3-2-4-7-12)16-14(17)13-8-5-9-15-13/h2-4,6-7,11,13,15H,5,8-10H2,1H3,(H,16,17)/t11?,13-/m1/s1. The summed E-state index contributed by atoms with van der Waals surface area (Å²) in [5.74, 6) is 0.144. The molecular weight excluding hydrogens is 212 g/mol. The molecule has 2 atom stereocenters. The zero-order valence-corrected chi connectivity index (χ0v) is 10.3. The Bertz CT molecular complexity index is 358. The smallest absolute Gasteiger partial charge is 0.237 e. The van der Waals surface area contributed by atoms with E-state index in [1.165, 1.54) is 5.56 Å². The fourth-order valence-electron chi connectivity index (χ4n) is 2.27. The van der Waals surface area contributed by atoms with Crippen molar-refractivity contribution in [2.24, 2.45) is 0 Å². The number of amides is 1. The third-order valence-corrected chi connectivity index (χ3v) is 3.15. The zero-order chi connectivity index (χ0) is 12.1. The molecule has 1 fully saturated rings. The topological polar surface area (TPSA) is 41.1 Å². The fraction of sp³-hybridized carbons (Fsp3) is 0.500. The second-order valence-electron chi connectivity index (χ2n) is 4.75. The van der Waals surface area contributed by atoms with Crippen LogP contribution in [-0.2, 0) is 11.2 Å². The summed E-state index contributed by atoms with van der Waals surface area (Å²) in [6.07, 6.45) is 2.95. The van der Waals surface area contributed by atoms with Gasteiger partial charge in [0.05, 0.1) is 6.04 Å². The number of benzene rings is 1. The molecule has 0 bridgehead atoms. The molecule has 2 N–H and O–H groups in total. The molecule has 1 unspecified atom stereocenters. The van der Waals surface area contributed by atoms with Gasteiger partial charge in [0.1, 0.15) is 0 Å². The fourth-order valence-corrected chi connectivity index (χ4v) is 2.27. The van der Waals surface area contributed by atoms with Crippen LogP contribution in [0.3, 0.4) is 0 Å². The first-order chi connectivity index (χ1) is 8.25. The highest BCUT2D eigenvalue weighted by Gasteiger charge is 2.22. The number of hydrogen-bond acceptors (Lipinski definition) is 2. The highest BCUT2D eigenvalue weighted by molar-refractivity contribution is 5.82. The summed E-state index contributed by atoms with van der Waals surface area (Å²) in [7, 11) is 0. The van der Waals surface area contributed by atoms with E-state index in [0.29, 0.717) is 0 Å². The lowest BCUT2D eigenvalue weighted by molar-refractivity contribution is -0.123. The average Bonchev–Trinajstić information content (AvgIpc) is 2.83. The predicted octanol–water partition coefficient (Wildman–Crippen LogP) is 1.49. The molecule has 17 heavy (non-hydrogen) atoms. The average molecular weight is 232 g/mol. The van der Waals surface area contributed by atoms with Crippen LogP contribution in [0, 0.1) is 0 Å². The van der Waals surface area contributed by atoms with Crippen molar-refractivity contribution in [1.29, 1.82) is 0 Å². The Morgan fingerprint density at radius 3 is 2.88 bits per heavy atom. The third-order valence-electron chi connectivity index (χ3n) is 3.15. The molecule has 1 aromatic carbocycles. The van der Waals surface area contributed by atoms with Gasteiger partial charge in [-0.15, -0.1) is 0 Å². The Morgan fingerprint density at radius 1 is 1.47 bits per heavy atom. The van der Waals surface area contributed by atoms with Crippen molar-refractivity contribution in [2.45, 2.75) is 38.3 Å². The largest absolute Gasteiger partial charge is 0.352 e. The van der Waals surface area contributed by atoms with Crippen LogP contribution in [-0.4, -0.2) is 24.5 Å². The van der Waals surface area contributed by atoms with Crippen LogP contribution in [0.15, 0.2) is 30.3 Å². The molecule has 1 heterocycles. The molecule has 0 spiro atoms. The predicted molar refractivity (Wildman–Crippen MR) is 68.8 cm³/mol. The van der Waals surface area contributed by atoms with Gasteiger partial charge in [-0.3, -0.25) is 4.79 Å². The molecule has 0 radical (unpaired) electrons. The minimum absolute atomic E-state index is 0.0215. The Labute approximate surface area is 103 Å². The van der Waals surface area contributed by atoms with Crippen LogP contribution in [0.2, 0.25) is 0 Å². The molecule has 0 aromatic heterocycles. The number of carbonyl (C=O) groups excluding carboxylic acids is 1. The van der Waals surface area contributed by atoms with E-state index in [9.17, 15) is 4.79 Å². The Morgan fingerprint density at radius 2 is 2.24 bits per heavy atom. The summed E-state index contributed by atoms with van der Waals surface area (Å²) in [5.41, 5.74) is 1.26. The summed E-state index contributed by atoms with van der Waals surface area (Å²) in [4.78, 5) is 11.9. The molecule has 92 valence electrons. The monoisotopic (exact) mass is 232 g/mol. The number of rotatable bonds is 4. The number of carbonyl (C=O) groups is 1. The van der Waals surface area contributed by atoms with Gasteiger partial charge in [-0.25, -0.2) is 0 Å². The van der Waals surface area contributed by atoms with E-state index in [1.54, 1.807) is 0 Å². The first kappa shape index (κ1) is 12.1. The molecule has 1 saturated heterocycles. The first-order valence-electron chi connectivity index (χ1n) is 6.33. The van der Waals surface area contributed by atoms with Crippen LogP contribution in [0.4, 0.5) is 0 Å². The van der Waals surface area contributed by atoms with E-state index in [2.05, 4.69) is 29.7 Å². The van der Waals surface area contributed by atoms with Crippen LogP contribution < -0.4 is 10.6 Å². The van der Waals surface area contributed by atoms with Gasteiger partial charge in [0.15, 0.2) is 0 Å². The van der Waals surface area contributed by atoms with Crippen molar-refractivity contribution in [1.82, 2.24) is 10.6 Å². The maximum atomic E-state index is 11.9. The Hall–Kier alpha value is -1.35. The normalized spacial score (nSPS) is 21.1. The molecule has 1 amide bonds. The lowest BCUT2D eigenvalue weighted by Gasteiger charge is -2.17. The molecule has 1 aliphatic rings. The summed E-state index contributed by atoms with van der Waals surface area (Å²) in [5, 5.41) is 6.28. The molecule has 0 aliphatic carbocycles. The number of hydrogen-bond donors (Lipinski definition) is 2. The molecule has 2 rings (SSSR count). The van der Waals surface area contributed by atoms with E-state index >= 15 is 0 Å². The lowest BCUT2D eigenvalue weighted by atomic mass is 10.1. The molecule has 3 heteroatoms. The second kappa shape index (κ2) is 5.82. The third kappa shape index (κ3) is 3.56. The summed E-state index contributed by atoms with van der Waals surface area (Å²) >= 11 is 0. The van der Waals surface area contributed by atoms with Gasteiger partial charge < -0.3 is 10.6 Å². The number of nitrogens with one attached hydrogen (secondary N) is 2. The molecule has 1 aromatic rings. The van der Waals surface area contributed by atoms with Crippen molar-refractivity contribution >= 4 is 5.91 Å². The van der Waals surface area contributed by atoms with Crippen molar-refractivity contribution in [2.75, 3.05) is 6.54 Å². The maximum absolute atomic E-state index is 11.9. The van der Waals surface area contributed by atoms with E-state index < -0.39 is 0 Å². The van der Waals surface area contributed by atoms with E-state index in [1.807, 2.05) is 18.2 Å². The minimum Gasteiger partial charge on any atom is -0.352 e. The van der Waals surface area contributed by atoms with Crippen molar-refractivity contribution in [3.63, 3.8) is 0 Å². The zero-order valence-electron chi connectivity index (χ0n) is 10.3. The van der Waals surface area contributed by atoms with Gasteiger partial charge in [-0.05, 0) is 38.3 Å². The van der Waals surface area contributed by atoms with Crippen LogP contribution in [0.25, 0.3) is 0 Å². The van der Waals surface area contributed by atoms with Gasteiger partial charge in [-0.2, -0.15) is 0 Å². The summed E-state index contributed by atoms with van der Waals surface area (Å²) in [6, 6.07) is 10.5. The lowest BCUT2D eigenvalue weighted by Crippen LogP contribution is -2.44. The van der Waals surface area contributed by atoms with Crippen LogP contribution in [0.1, 0.15) is 25.3 Å². The molecule has 1 aliphatic heterocycles. The summed E-state index contributed by atoms with van der Waals surface area (Å²) < 4.78 is 0. The SMILES string of the molecule is CC(Cc1ccccc1)NC(=O)[C@H]1CCCN1. The van der Waals surface area contributed by atoms with Gasteiger partial charge >= 0.3 is 0 Å². The minimum atomic E-state index is 0.0215. The van der Waals surface area contributed by atoms with Gasteiger partial charge in [0, 0.05) is 6.04 Å². The Balaban J connectivity index is 1.80. The van der Waals surface area contributed by atoms with E-state index in [4.69, 9.17) is 0 Å². The van der Waals surface area contributed by atoms with Crippen molar-refractivity contribution in [3.8, 4) is 0 Å². The maximum Gasteiger partial charge on any atom is 0.237 e. The van der Waals surface area contributed by atoms with E-state index in [0.717, 1.165) is 25.8 Å². The van der Waals surface area contributed by atoms with Crippen molar-refractivity contribution < 1.29 is 4.79 Å². The van der Waals surface area contributed by atoms with E-state index in [-0.39, 0.29) is 18.0 Å². The highest BCUT2D eigenvalue weighted by Crippen LogP contribution is 2.07.